The summed E-state index contributed by atoms with van der Waals surface area (Å²) < 4.78 is 5.64. The molecule has 0 amide bonds. The van der Waals surface area contributed by atoms with E-state index in [-0.39, 0.29) is 0 Å². The van der Waals surface area contributed by atoms with Crippen molar-refractivity contribution in [3.63, 3.8) is 0 Å². The van der Waals surface area contributed by atoms with Crippen molar-refractivity contribution in [2.45, 2.75) is 51.5 Å². The van der Waals surface area contributed by atoms with Crippen molar-refractivity contribution in [1.29, 1.82) is 0 Å². The predicted octanol–water partition coefficient (Wildman–Crippen LogP) is 5.05. The van der Waals surface area contributed by atoms with Gasteiger partial charge >= 0.3 is 0 Å². The first-order valence-corrected chi connectivity index (χ1v) is 7.50. The number of hydrogen-bond acceptors (Lipinski definition) is 2. The molecule has 104 valence electrons. The lowest BCUT2D eigenvalue weighted by Crippen LogP contribution is -2.15. The Morgan fingerprint density at radius 3 is 2.68 bits per heavy atom. The van der Waals surface area contributed by atoms with Crippen LogP contribution in [0.1, 0.15) is 57.1 Å². The summed E-state index contributed by atoms with van der Waals surface area (Å²) in [4.78, 5) is 0. The van der Waals surface area contributed by atoms with E-state index < -0.39 is 0 Å². The van der Waals surface area contributed by atoms with E-state index in [4.69, 9.17) is 4.42 Å². The molecule has 1 aromatic heterocycles. The van der Waals surface area contributed by atoms with Gasteiger partial charge in [0.15, 0.2) is 0 Å². The maximum absolute atomic E-state index is 5.64. The molecule has 1 N–H and O–H groups in total. The van der Waals surface area contributed by atoms with Gasteiger partial charge in [-0.25, -0.2) is 0 Å². The zero-order valence-corrected chi connectivity index (χ0v) is 12.1. The average Bonchev–Trinajstić information content (AvgIpc) is 2.87. The fraction of sp³-hybridized carbons (Fsp3) is 0.529. The van der Waals surface area contributed by atoms with Crippen LogP contribution in [0.3, 0.4) is 0 Å². The van der Waals surface area contributed by atoms with E-state index in [1.54, 1.807) is 0 Å². The van der Waals surface area contributed by atoms with Gasteiger partial charge in [-0.3, -0.25) is 0 Å². The molecule has 0 saturated carbocycles. The van der Waals surface area contributed by atoms with Gasteiger partial charge in [-0.2, -0.15) is 0 Å². The third-order valence-electron chi connectivity index (χ3n) is 3.83. The molecule has 2 aromatic rings. The molecule has 1 aromatic carbocycles. The molecular weight excluding hydrogens is 234 g/mol. The van der Waals surface area contributed by atoms with Crippen LogP contribution in [0.2, 0.25) is 0 Å². The van der Waals surface area contributed by atoms with Crippen molar-refractivity contribution in [2.24, 2.45) is 0 Å². The standard InChI is InChI=1S/C17H25NO/c1-3-4-5-6-7-11-16(18-2)15-13-19-17-12-9-8-10-14(15)17/h8-10,12-13,16,18H,3-7,11H2,1-2H3. The van der Waals surface area contributed by atoms with E-state index in [2.05, 4.69) is 24.4 Å². The maximum Gasteiger partial charge on any atom is 0.134 e. The van der Waals surface area contributed by atoms with Crippen molar-refractivity contribution < 1.29 is 4.42 Å². The van der Waals surface area contributed by atoms with Crippen LogP contribution in [0, 0.1) is 0 Å². The summed E-state index contributed by atoms with van der Waals surface area (Å²) >= 11 is 0. The summed E-state index contributed by atoms with van der Waals surface area (Å²) in [5.74, 6) is 0. The van der Waals surface area contributed by atoms with Crippen LogP contribution in [0.15, 0.2) is 34.9 Å². The van der Waals surface area contributed by atoms with Crippen LogP contribution >= 0.6 is 0 Å². The number of benzene rings is 1. The molecule has 0 fully saturated rings. The molecule has 1 heterocycles. The van der Waals surface area contributed by atoms with Crippen molar-refractivity contribution in [3.8, 4) is 0 Å². The Morgan fingerprint density at radius 2 is 1.89 bits per heavy atom. The minimum absolute atomic E-state index is 0.408. The van der Waals surface area contributed by atoms with Crippen LogP contribution < -0.4 is 5.32 Å². The minimum atomic E-state index is 0.408. The van der Waals surface area contributed by atoms with E-state index in [1.165, 1.54) is 49.5 Å². The minimum Gasteiger partial charge on any atom is -0.464 e. The second-order valence-electron chi connectivity index (χ2n) is 5.23. The Bertz CT molecular complexity index is 489. The SMILES string of the molecule is CCCCCCCC(NC)c1coc2ccccc12. The van der Waals surface area contributed by atoms with Gasteiger partial charge in [0, 0.05) is 17.0 Å². The van der Waals surface area contributed by atoms with Crippen molar-refractivity contribution in [3.05, 3.63) is 36.1 Å². The van der Waals surface area contributed by atoms with Crippen LogP contribution in [0.5, 0.6) is 0 Å². The molecule has 2 heteroatoms. The number of fused-ring (bicyclic) bond motifs is 1. The first kappa shape index (κ1) is 14.1. The highest BCUT2D eigenvalue weighted by atomic mass is 16.3. The number of furan rings is 1. The molecule has 1 atom stereocenters. The van der Waals surface area contributed by atoms with E-state index in [0.29, 0.717) is 6.04 Å². The fourth-order valence-corrected chi connectivity index (χ4v) is 2.68. The van der Waals surface area contributed by atoms with Gasteiger partial charge in [-0.1, -0.05) is 57.2 Å². The lowest BCUT2D eigenvalue weighted by atomic mass is 9.99. The smallest absolute Gasteiger partial charge is 0.134 e. The summed E-state index contributed by atoms with van der Waals surface area (Å²) in [6.07, 6.45) is 9.74. The summed E-state index contributed by atoms with van der Waals surface area (Å²) in [7, 11) is 2.04. The third-order valence-corrected chi connectivity index (χ3v) is 3.83. The predicted molar refractivity (Wildman–Crippen MR) is 81.4 cm³/mol. The van der Waals surface area contributed by atoms with E-state index in [0.717, 1.165) is 5.58 Å². The first-order chi connectivity index (χ1) is 9.36. The monoisotopic (exact) mass is 259 g/mol. The van der Waals surface area contributed by atoms with Crippen LogP contribution in [-0.4, -0.2) is 7.05 Å². The molecule has 2 rings (SSSR count). The molecule has 0 bridgehead atoms. The van der Waals surface area contributed by atoms with Crippen molar-refractivity contribution in [1.82, 2.24) is 5.32 Å². The zero-order chi connectivity index (χ0) is 13.5. The highest BCUT2D eigenvalue weighted by Crippen LogP contribution is 2.29. The third kappa shape index (κ3) is 3.60. The second kappa shape index (κ2) is 7.34. The lowest BCUT2D eigenvalue weighted by Gasteiger charge is -2.14. The van der Waals surface area contributed by atoms with E-state index in [1.807, 2.05) is 25.4 Å². The van der Waals surface area contributed by atoms with Gasteiger partial charge in [-0.05, 0) is 19.5 Å². The fourth-order valence-electron chi connectivity index (χ4n) is 2.68. The molecule has 1 unspecified atom stereocenters. The Kier molecular flexibility index (Phi) is 5.46. The summed E-state index contributed by atoms with van der Waals surface area (Å²) in [5, 5.41) is 4.67. The summed E-state index contributed by atoms with van der Waals surface area (Å²) in [6, 6.07) is 8.69. The van der Waals surface area contributed by atoms with E-state index in [9.17, 15) is 0 Å². The normalized spacial score (nSPS) is 12.9. The number of rotatable bonds is 8. The highest BCUT2D eigenvalue weighted by molar-refractivity contribution is 5.81. The second-order valence-corrected chi connectivity index (χ2v) is 5.23. The summed E-state index contributed by atoms with van der Waals surface area (Å²) in [6.45, 7) is 2.26. The Balaban J connectivity index is 1.97. The van der Waals surface area contributed by atoms with Crippen LogP contribution in [0.4, 0.5) is 0 Å². The van der Waals surface area contributed by atoms with Gasteiger partial charge in [0.05, 0.1) is 6.26 Å². The van der Waals surface area contributed by atoms with Gasteiger partial charge in [0.25, 0.3) is 0 Å². The maximum atomic E-state index is 5.64. The molecule has 0 aliphatic rings. The number of unbranched alkanes of at least 4 members (excludes halogenated alkanes) is 4. The Morgan fingerprint density at radius 1 is 1.11 bits per heavy atom. The molecule has 0 spiro atoms. The van der Waals surface area contributed by atoms with Crippen molar-refractivity contribution in [2.75, 3.05) is 7.05 Å². The zero-order valence-electron chi connectivity index (χ0n) is 12.1. The topological polar surface area (TPSA) is 25.2 Å². The van der Waals surface area contributed by atoms with Gasteiger partial charge in [0.2, 0.25) is 0 Å². The number of hydrogen-bond donors (Lipinski definition) is 1. The molecule has 0 aliphatic heterocycles. The molecular formula is C17H25NO. The first-order valence-electron chi connectivity index (χ1n) is 7.50. The molecule has 19 heavy (non-hydrogen) atoms. The Labute approximate surface area is 116 Å². The average molecular weight is 259 g/mol. The van der Waals surface area contributed by atoms with Gasteiger partial charge < -0.3 is 9.73 Å². The summed E-state index contributed by atoms with van der Waals surface area (Å²) in [5.41, 5.74) is 2.29. The number of para-hydroxylation sites is 1. The quantitative estimate of drug-likeness (QED) is 0.671. The van der Waals surface area contributed by atoms with Gasteiger partial charge in [-0.15, -0.1) is 0 Å². The lowest BCUT2D eigenvalue weighted by molar-refractivity contribution is 0.495. The van der Waals surface area contributed by atoms with Crippen molar-refractivity contribution >= 4 is 11.0 Å². The van der Waals surface area contributed by atoms with Crippen LogP contribution in [-0.2, 0) is 0 Å². The molecule has 0 radical (unpaired) electrons. The molecule has 0 saturated heterocycles. The highest BCUT2D eigenvalue weighted by Gasteiger charge is 2.14. The molecule has 0 aliphatic carbocycles. The van der Waals surface area contributed by atoms with Gasteiger partial charge in [0.1, 0.15) is 5.58 Å². The molecule has 2 nitrogen and oxygen atoms in total. The number of nitrogens with one attached hydrogen (secondary N) is 1. The largest absolute Gasteiger partial charge is 0.464 e. The van der Waals surface area contributed by atoms with E-state index >= 15 is 0 Å². The van der Waals surface area contributed by atoms with Crippen LogP contribution in [0.25, 0.3) is 11.0 Å². The Hall–Kier alpha value is -1.28.